The molecule has 1 N–H and O–H groups in total. The Morgan fingerprint density at radius 2 is 1.95 bits per heavy atom. The Morgan fingerprint density at radius 3 is 2.63 bits per heavy atom. The molecule has 2 rings (SSSR count). The lowest BCUT2D eigenvalue weighted by Gasteiger charge is -1.99. The molecule has 0 atom stereocenters. The Morgan fingerprint density at radius 1 is 1.21 bits per heavy atom. The summed E-state index contributed by atoms with van der Waals surface area (Å²) < 4.78 is 0. The Labute approximate surface area is 114 Å². The summed E-state index contributed by atoms with van der Waals surface area (Å²) in [7, 11) is 0. The van der Waals surface area contributed by atoms with Gasteiger partial charge in [0.25, 0.3) is 5.69 Å². The van der Waals surface area contributed by atoms with Crippen molar-refractivity contribution >= 4 is 29.2 Å². The maximum Gasteiger partial charge on any atom is 0.271 e. The lowest BCUT2D eigenvalue weighted by atomic mass is 10.2. The number of hydrazone groups is 1. The van der Waals surface area contributed by atoms with E-state index in [-0.39, 0.29) is 5.69 Å². The van der Waals surface area contributed by atoms with Crippen molar-refractivity contribution in [3.63, 3.8) is 0 Å². The quantitative estimate of drug-likeness (QED) is 0.525. The fraction of sp³-hybridized carbons (Fsp3) is 0. The van der Waals surface area contributed by atoms with E-state index in [1.54, 1.807) is 30.5 Å². The number of nitro benzene ring substituents is 1. The number of halogens is 1. The fourth-order valence-electron chi connectivity index (χ4n) is 1.42. The van der Waals surface area contributed by atoms with Crippen molar-refractivity contribution in [3.8, 4) is 0 Å². The van der Waals surface area contributed by atoms with Gasteiger partial charge in [0.1, 0.15) is 0 Å². The van der Waals surface area contributed by atoms with E-state index < -0.39 is 4.92 Å². The van der Waals surface area contributed by atoms with Crippen LogP contribution in [0.1, 0.15) is 5.56 Å². The number of nitro groups is 1. The Balaban J connectivity index is 2.04. The van der Waals surface area contributed by atoms with Crippen molar-refractivity contribution in [2.75, 3.05) is 5.43 Å². The van der Waals surface area contributed by atoms with Crippen molar-refractivity contribution in [2.45, 2.75) is 0 Å². The molecule has 2 aromatic rings. The van der Waals surface area contributed by atoms with Crippen LogP contribution in [0, 0.1) is 10.1 Å². The van der Waals surface area contributed by atoms with Crippen LogP contribution in [0.5, 0.6) is 0 Å². The predicted octanol–water partition coefficient (Wildman–Crippen LogP) is 3.69. The van der Waals surface area contributed by atoms with Gasteiger partial charge in [0, 0.05) is 17.2 Å². The first-order valence-corrected chi connectivity index (χ1v) is 5.82. The minimum absolute atomic E-state index is 0.0201. The van der Waals surface area contributed by atoms with E-state index in [1.165, 1.54) is 12.1 Å². The molecular formula is C13H10ClN3O2. The van der Waals surface area contributed by atoms with Crippen LogP contribution in [-0.4, -0.2) is 11.1 Å². The third-order valence-electron chi connectivity index (χ3n) is 2.33. The van der Waals surface area contributed by atoms with E-state index in [0.717, 1.165) is 5.56 Å². The minimum atomic E-state index is -0.450. The van der Waals surface area contributed by atoms with Crippen molar-refractivity contribution in [3.05, 3.63) is 69.2 Å². The van der Waals surface area contributed by atoms with Crippen LogP contribution in [0.15, 0.2) is 53.6 Å². The largest absolute Gasteiger partial charge is 0.278 e. The average Bonchev–Trinajstić information content (AvgIpc) is 2.41. The normalized spacial score (nSPS) is 10.6. The lowest BCUT2D eigenvalue weighted by molar-refractivity contribution is -0.384. The van der Waals surface area contributed by atoms with Crippen LogP contribution >= 0.6 is 11.6 Å². The van der Waals surface area contributed by atoms with Crippen molar-refractivity contribution in [1.82, 2.24) is 0 Å². The van der Waals surface area contributed by atoms with E-state index in [2.05, 4.69) is 10.5 Å². The summed E-state index contributed by atoms with van der Waals surface area (Å²) >= 11 is 5.76. The van der Waals surface area contributed by atoms with E-state index in [4.69, 9.17) is 11.6 Å². The highest BCUT2D eigenvalue weighted by atomic mass is 35.5. The number of benzene rings is 2. The molecule has 0 heterocycles. The monoisotopic (exact) mass is 275 g/mol. The molecule has 0 aliphatic heterocycles. The predicted molar refractivity (Wildman–Crippen MR) is 75.8 cm³/mol. The maximum atomic E-state index is 10.6. The van der Waals surface area contributed by atoms with Crippen LogP contribution in [0.3, 0.4) is 0 Å². The number of hydrogen-bond donors (Lipinski definition) is 1. The molecule has 0 bridgehead atoms. The standard InChI is InChI=1S/C13H10ClN3O2/c14-11-6-4-10(5-7-11)9-15-16-12-2-1-3-13(8-12)17(18)19/h1-9,16H. The lowest BCUT2D eigenvalue weighted by Crippen LogP contribution is -1.92. The van der Waals surface area contributed by atoms with Gasteiger partial charge in [-0.15, -0.1) is 0 Å². The molecule has 19 heavy (non-hydrogen) atoms. The van der Waals surface area contributed by atoms with Gasteiger partial charge in [0.15, 0.2) is 0 Å². The van der Waals surface area contributed by atoms with Gasteiger partial charge in [-0.2, -0.15) is 5.10 Å². The zero-order chi connectivity index (χ0) is 13.7. The van der Waals surface area contributed by atoms with Gasteiger partial charge in [-0.1, -0.05) is 29.8 Å². The fourth-order valence-corrected chi connectivity index (χ4v) is 1.55. The topological polar surface area (TPSA) is 67.5 Å². The molecule has 0 saturated carbocycles. The summed E-state index contributed by atoms with van der Waals surface area (Å²) in [5, 5.41) is 15.3. The Bertz CT molecular complexity index is 612. The highest BCUT2D eigenvalue weighted by molar-refractivity contribution is 6.30. The molecule has 0 aromatic heterocycles. The molecule has 0 amide bonds. The molecular weight excluding hydrogens is 266 g/mol. The van der Waals surface area contributed by atoms with Gasteiger partial charge in [0.2, 0.25) is 0 Å². The Kier molecular flexibility index (Phi) is 4.10. The van der Waals surface area contributed by atoms with Crippen molar-refractivity contribution in [1.29, 1.82) is 0 Å². The second kappa shape index (κ2) is 5.97. The zero-order valence-corrected chi connectivity index (χ0v) is 10.5. The summed E-state index contributed by atoms with van der Waals surface area (Å²) in [6, 6.07) is 13.3. The number of hydrogen-bond acceptors (Lipinski definition) is 4. The third kappa shape index (κ3) is 3.79. The van der Waals surface area contributed by atoms with E-state index >= 15 is 0 Å². The highest BCUT2D eigenvalue weighted by Gasteiger charge is 2.04. The molecule has 0 fully saturated rings. The molecule has 0 saturated heterocycles. The Hall–Kier alpha value is -2.40. The van der Waals surface area contributed by atoms with Crippen LogP contribution in [0.4, 0.5) is 11.4 Å². The molecule has 2 aromatic carbocycles. The molecule has 0 aliphatic rings. The van der Waals surface area contributed by atoms with Crippen LogP contribution in [0.25, 0.3) is 0 Å². The first-order chi connectivity index (χ1) is 9.15. The number of nitrogens with one attached hydrogen (secondary N) is 1. The molecule has 96 valence electrons. The number of rotatable bonds is 4. The van der Waals surface area contributed by atoms with E-state index in [9.17, 15) is 10.1 Å². The smallest absolute Gasteiger partial charge is 0.271 e. The molecule has 5 nitrogen and oxygen atoms in total. The van der Waals surface area contributed by atoms with Crippen molar-refractivity contribution < 1.29 is 4.92 Å². The second-order valence-corrected chi connectivity index (χ2v) is 4.17. The van der Waals surface area contributed by atoms with Crippen molar-refractivity contribution in [2.24, 2.45) is 5.10 Å². The summed E-state index contributed by atoms with van der Waals surface area (Å²) in [5.74, 6) is 0. The number of nitrogens with zero attached hydrogens (tertiary/aromatic N) is 2. The van der Waals surface area contributed by atoms with Crippen LogP contribution in [-0.2, 0) is 0 Å². The summed E-state index contributed by atoms with van der Waals surface area (Å²) in [6.45, 7) is 0. The van der Waals surface area contributed by atoms with Gasteiger partial charge in [-0.05, 0) is 23.8 Å². The molecule has 6 heteroatoms. The van der Waals surface area contributed by atoms with Gasteiger partial charge in [-0.25, -0.2) is 0 Å². The van der Waals surface area contributed by atoms with Gasteiger partial charge in [0.05, 0.1) is 16.8 Å². The molecule has 0 spiro atoms. The average molecular weight is 276 g/mol. The molecule has 0 aliphatic carbocycles. The van der Waals surface area contributed by atoms with Gasteiger partial charge < -0.3 is 0 Å². The summed E-state index contributed by atoms with van der Waals surface area (Å²) in [5.41, 5.74) is 4.19. The number of anilines is 1. The SMILES string of the molecule is O=[N+]([O-])c1cccc(NN=Cc2ccc(Cl)cc2)c1. The molecule has 0 radical (unpaired) electrons. The van der Waals surface area contributed by atoms with Gasteiger partial charge >= 0.3 is 0 Å². The van der Waals surface area contributed by atoms with Crippen LogP contribution < -0.4 is 5.43 Å². The zero-order valence-electron chi connectivity index (χ0n) is 9.79. The third-order valence-corrected chi connectivity index (χ3v) is 2.59. The number of non-ortho nitro benzene ring substituents is 1. The first kappa shape index (κ1) is 13.0. The molecule has 0 unspecified atom stereocenters. The van der Waals surface area contributed by atoms with E-state index in [0.29, 0.717) is 10.7 Å². The van der Waals surface area contributed by atoms with Gasteiger partial charge in [-0.3, -0.25) is 15.5 Å². The second-order valence-electron chi connectivity index (χ2n) is 3.73. The van der Waals surface area contributed by atoms with Crippen LogP contribution in [0.2, 0.25) is 5.02 Å². The first-order valence-electron chi connectivity index (χ1n) is 5.44. The summed E-state index contributed by atoms with van der Waals surface area (Å²) in [4.78, 5) is 10.2. The minimum Gasteiger partial charge on any atom is -0.278 e. The highest BCUT2D eigenvalue weighted by Crippen LogP contribution is 2.16. The maximum absolute atomic E-state index is 10.6. The summed E-state index contributed by atoms with van der Waals surface area (Å²) in [6.07, 6.45) is 1.61. The van der Waals surface area contributed by atoms with E-state index in [1.807, 2.05) is 12.1 Å².